The zero-order valence-corrected chi connectivity index (χ0v) is 14.7. The van der Waals surface area contributed by atoms with Crippen LogP contribution in [0.5, 0.6) is 0 Å². The van der Waals surface area contributed by atoms with E-state index >= 15 is 0 Å². The Balaban J connectivity index is 2.52. The first-order valence-electron chi connectivity index (χ1n) is 7.31. The van der Waals surface area contributed by atoms with Crippen molar-refractivity contribution in [3.8, 4) is 0 Å². The highest BCUT2D eigenvalue weighted by atomic mass is 35.5. The molecule has 2 N–H and O–H groups in total. The van der Waals surface area contributed by atoms with Crippen molar-refractivity contribution in [2.45, 2.75) is 37.6 Å². The topological polar surface area (TPSA) is 92.3 Å². The standard InChI is InChI=1S/C15H21ClN2O4S/c1-3-9-17-15(20)11(2)18-14(19)8-10-23(21,22)13-6-4-12(16)5-7-13/h4-7,11H,3,8-10H2,1-2H3,(H,17,20)(H,18,19)/t11-/m0/s1. The molecule has 0 saturated carbocycles. The molecule has 8 heteroatoms. The number of hydrogen-bond acceptors (Lipinski definition) is 4. The minimum atomic E-state index is -3.56. The second-order valence-electron chi connectivity index (χ2n) is 5.10. The molecule has 0 unspecified atom stereocenters. The molecule has 0 aromatic heterocycles. The van der Waals surface area contributed by atoms with Crippen LogP contribution < -0.4 is 10.6 Å². The van der Waals surface area contributed by atoms with Gasteiger partial charge in [0, 0.05) is 18.0 Å². The first-order chi connectivity index (χ1) is 10.8. The monoisotopic (exact) mass is 360 g/mol. The Bertz CT molecular complexity index is 644. The van der Waals surface area contributed by atoms with E-state index in [1.165, 1.54) is 24.3 Å². The lowest BCUT2D eigenvalue weighted by atomic mass is 10.3. The normalized spacial score (nSPS) is 12.5. The Hall–Kier alpha value is -1.60. The smallest absolute Gasteiger partial charge is 0.242 e. The van der Waals surface area contributed by atoms with Crippen molar-refractivity contribution in [3.05, 3.63) is 29.3 Å². The van der Waals surface area contributed by atoms with Gasteiger partial charge in [0.2, 0.25) is 11.8 Å². The second-order valence-corrected chi connectivity index (χ2v) is 7.65. The van der Waals surface area contributed by atoms with Crippen LogP contribution >= 0.6 is 11.6 Å². The van der Waals surface area contributed by atoms with Crippen molar-refractivity contribution in [2.24, 2.45) is 0 Å². The molecule has 0 heterocycles. The molecule has 0 bridgehead atoms. The zero-order valence-electron chi connectivity index (χ0n) is 13.1. The molecular weight excluding hydrogens is 340 g/mol. The van der Waals surface area contributed by atoms with Crippen LogP contribution in [0, 0.1) is 0 Å². The molecule has 1 rings (SSSR count). The average molecular weight is 361 g/mol. The van der Waals surface area contributed by atoms with E-state index < -0.39 is 21.8 Å². The highest BCUT2D eigenvalue weighted by Gasteiger charge is 2.19. The molecule has 2 amide bonds. The molecule has 0 spiro atoms. The van der Waals surface area contributed by atoms with Gasteiger partial charge in [-0.05, 0) is 37.6 Å². The van der Waals surface area contributed by atoms with Gasteiger partial charge in [-0.15, -0.1) is 0 Å². The molecule has 0 aliphatic heterocycles. The lowest BCUT2D eigenvalue weighted by Gasteiger charge is -2.13. The van der Waals surface area contributed by atoms with E-state index in [4.69, 9.17) is 11.6 Å². The number of benzene rings is 1. The molecule has 6 nitrogen and oxygen atoms in total. The van der Waals surface area contributed by atoms with Gasteiger partial charge < -0.3 is 10.6 Å². The van der Waals surface area contributed by atoms with Crippen LogP contribution in [0.3, 0.4) is 0 Å². The van der Waals surface area contributed by atoms with Crippen molar-refractivity contribution in [1.82, 2.24) is 10.6 Å². The SMILES string of the molecule is CCCNC(=O)[C@H](C)NC(=O)CCS(=O)(=O)c1ccc(Cl)cc1. The minimum Gasteiger partial charge on any atom is -0.354 e. The fourth-order valence-corrected chi connectivity index (χ4v) is 3.13. The van der Waals surface area contributed by atoms with E-state index in [1.54, 1.807) is 6.92 Å². The predicted octanol–water partition coefficient (Wildman–Crippen LogP) is 1.53. The summed E-state index contributed by atoms with van der Waals surface area (Å²) in [4.78, 5) is 23.5. The third kappa shape index (κ3) is 6.58. The molecule has 0 fully saturated rings. The highest BCUT2D eigenvalue weighted by molar-refractivity contribution is 7.91. The lowest BCUT2D eigenvalue weighted by Crippen LogP contribution is -2.45. The van der Waals surface area contributed by atoms with Gasteiger partial charge in [0.15, 0.2) is 9.84 Å². The molecule has 0 saturated heterocycles. The largest absolute Gasteiger partial charge is 0.354 e. The Morgan fingerprint density at radius 2 is 1.83 bits per heavy atom. The van der Waals surface area contributed by atoms with Crippen LogP contribution in [0.1, 0.15) is 26.7 Å². The number of carbonyl (C=O) groups is 2. The molecule has 0 aliphatic carbocycles. The summed E-state index contributed by atoms with van der Waals surface area (Å²) in [5.74, 6) is -1.11. The van der Waals surface area contributed by atoms with Crippen LogP contribution in [0.25, 0.3) is 0 Å². The Morgan fingerprint density at radius 1 is 1.22 bits per heavy atom. The lowest BCUT2D eigenvalue weighted by molar-refractivity contribution is -0.128. The number of carbonyl (C=O) groups excluding carboxylic acids is 2. The third-order valence-electron chi connectivity index (χ3n) is 3.09. The van der Waals surface area contributed by atoms with E-state index in [0.717, 1.165) is 6.42 Å². The number of halogens is 1. The fraction of sp³-hybridized carbons (Fsp3) is 0.467. The number of rotatable bonds is 8. The second kappa shape index (κ2) is 8.88. The van der Waals surface area contributed by atoms with Gasteiger partial charge in [-0.25, -0.2) is 8.42 Å². The van der Waals surface area contributed by atoms with E-state index in [9.17, 15) is 18.0 Å². The average Bonchev–Trinajstić information content (AvgIpc) is 2.51. The maximum Gasteiger partial charge on any atom is 0.242 e. The van der Waals surface area contributed by atoms with Crippen LogP contribution in [-0.4, -0.2) is 38.6 Å². The molecule has 23 heavy (non-hydrogen) atoms. The van der Waals surface area contributed by atoms with Crippen molar-refractivity contribution in [3.63, 3.8) is 0 Å². The van der Waals surface area contributed by atoms with E-state index in [2.05, 4.69) is 10.6 Å². The summed E-state index contributed by atoms with van der Waals surface area (Å²) in [5.41, 5.74) is 0. The first kappa shape index (κ1) is 19.4. The van der Waals surface area contributed by atoms with Gasteiger partial charge in [0.25, 0.3) is 0 Å². The maximum absolute atomic E-state index is 12.1. The summed E-state index contributed by atoms with van der Waals surface area (Å²) in [6, 6.07) is 5.06. The summed E-state index contributed by atoms with van der Waals surface area (Å²) >= 11 is 5.72. The van der Waals surface area contributed by atoms with Gasteiger partial charge in [-0.2, -0.15) is 0 Å². The molecule has 1 atom stereocenters. The highest BCUT2D eigenvalue weighted by Crippen LogP contribution is 2.15. The van der Waals surface area contributed by atoms with E-state index in [-0.39, 0.29) is 23.0 Å². The van der Waals surface area contributed by atoms with Gasteiger partial charge in [0.05, 0.1) is 10.6 Å². The third-order valence-corrected chi connectivity index (χ3v) is 5.07. The Morgan fingerprint density at radius 3 is 2.39 bits per heavy atom. The first-order valence-corrected chi connectivity index (χ1v) is 9.34. The molecule has 128 valence electrons. The molecule has 0 aliphatic rings. The maximum atomic E-state index is 12.1. The number of nitrogens with one attached hydrogen (secondary N) is 2. The van der Waals surface area contributed by atoms with Crippen LogP contribution in [0.4, 0.5) is 0 Å². The summed E-state index contributed by atoms with van der Waals surface area (Å²) in [7, 11) is -3.56. The molecule has 1 aromatic rings. The van der Waals surface area contributed by atoms with Crippen LogP contribution in [-0.2, 0) is 19.4 Å². The minimum absolute atomic E-state index is 0.114. The van der Waals surface area contributed by atoms with Gasteiger partial charge >= 0.3 is 0 Å². The zero-order chi connectivity index (χ0) is 17.5. The van der Waals surface area contributed by atoms with Crippen LogP contribution in [0.2, 0.25) is 5.02 Å². The predicted molar refractivity (Wildman–Crippen MR) is 89.0 cm³/mol. The van der Waals surface area contributed by atoms with E-state index in [0.29, 0.717) is 11.6 Å². The summed E-state index contributed by atoms with van der Waals surface area (Å²) in [5, 5.41) is 5.58. The van der Waals surface area contributed by atoms with Crippen molar-refractivity contribution < 1.29 is 18.0 Å². The molecular formula is C15H21ClN2O4S. The number of hydrogen-bond donors (Lipinski definition) is 2. The summed E-state index contributed by atoms with van der Waals surface area (Å²) in [6.45, 7) is 4.01. The van der Waals surface area contributed by atoms with Gasteiger partial charge in [-0.3, -0.25) is 9.59 Å². The van der Waals surface area contributed by atoms with Crippen molar-refractivity contribution in [1.29, 1.82) is 0 Å². The Kier molecular flexibility index (Phi) is 7.51. The van der Waals surface area contributed by atoms with Crippen molar-refractivity contribution in [2.75, 3.05) is 12.3 Å². The van der Waals surface area contributed by atoms with E-state index in [1.807, 2.05) is 6.92 Å². The molecule has 1 aromatic carbocycles. The quantitative estimate of drug-likeness (QED) is 0.735. The Labute approximate surface area is 141 Å². The summed E-state index contributed by atoms with van der Waals surface area (Å²) < 4.78 is 24.2. The summed E-state index contributed by atoms with van der Waals surface area (Å²) in [6.07, 6.45) is 0.585. The number of amides is 2. The van der Waals surface area contributed by atoms with Crippen molar-refractivity contribution >= 4 is 33.3 Å². The van der Waals surface area contributed by atoms with Gasteiger partial charge in [0.1, 0.15) is 6.04 Å². The van der Waals surface area contributed by atoms with Crippen LogP contribution in [0.15, 0.2) is 29.2 Å². The number of sulfone groups is 1. The molecule has 0 radical (unpaired) electrons. The fourth-order valence-electron chi connectivity index (χ4n) is 1.77. The van der Waals surface area contributed by atoms with Gasteiger partial charge in [-0.1, -0.05) is 18.5 Å².